The van der Waals surface area contributed by atoms with Crippen LogP contribution >= 0.6 is 0 Å². The van der Waals surface area contributed by atoms with E-state index in [0.29, 0.717) is 29.2 Å². The monoisotopic (exact) mass is 397 g/mol. The van der Waals surface area contributed by atoms with Gasteiger partial charge in [0.05, 0.1) is 29.8 Å². The van der Waals surface area contributed by atoms with Crippen molar-refractivity contribution in [3.05, 3.63) is 95.6 Å². The summed E-state index contributed by atoms with van der Waals surface area (Å²) in [7, 11) is 0. The predicted molar refractivity (Wildman–Crippen MR) is 114 cm³/mol. The molecule has 6 nitrogen and oxygen atoms in total. The van der Waals surface area contributed by atoms with Gasteiger partial charge in [0.1, 0.15) is 12.4 Å². The molecule has 0 aliphatic heterocycles. The molecule has 0 saturated heterocycles. The first kappa shape index (κ1) is 19.2. The second-order valence-corrected chi connectivity index (χ2v) is 6.52. The average molecular weight is 397 g/mol. The lowest BCUT2D eigenvalue weighted by molar-refractivity contribution is 0.0526. The molecule has 0 unspecified atom stereocenters. The van der Waals surface area contributed by atoms with Gasteiger partial charge in [0, 0.05) is 5.69 Å². The van der Waals surface area contributed by atoms with Crippen LogP contribution < -0.4 is 4.74 Å². The first-order valence-corrected chi connectivity index (χ1v) is 9.54. The highest BCUT2D eigenvalue weighted by molar-refractivity contribution is 5.90. The number of rotatable bonds is 6. The number of carbonyl (C=O) groups excluding carboxylic acids is 1. The van der Waals surface area contributed by atoms with Crippen LogP contribution in [0.5, 0.6) is 5.75 Å². The number of esters is 1. The summed E-state index contributed by atoms with van der Waals surface area (Å²) < 4.78 is 13.0. The van der Waals surface area contributed by atoms with Gasteiger partial charge in [-0.15, -0.1) is 0 Å². The highest BCUT2D eigenvalue weighted by atomic mass is 16.5. The van der Waals surface area contributed by atoms with Crippen molar-refractivity contribution < 1.29 is 14.3 Å². The summed E-state index contributed by atoms with van der Waals surface area (Å²) in [5.41, 5.74) is 3.27. The van der Waals surface area contributed by atoms with Crippen molar-refractivity contribution in [1.82, 2.24) is 9.55 Å². The lowest BCUT2D eigenvalue weighted by Crippen LogP contribution is -2.08. The molecule has 3 aromatic carbocycles. The number of para-hydroxylation sites is 1. The van der Waals surface area contributed by atoms with Crippen LogP contribution in [0.2, 0.25) is 0 Å². The zero-order valence-electron chi connectivity index (χ0n) is 16.4. The Bertz CT molecular complexity index is 1240. The van der Waals surface area contributed by atoms with Crippen LogP contribution in [-0.2, 0) is 11.3 Å². The number of aromatic nitrogens is 2. The molecule has 0 aliphatic carbocycles. The summed E-state index contributed by atoms with van der Waals surface area (Å²) in [6, 6.07) is 22.1. The Morgan fingerprint density at radius 1 is 1.07 bits per heavy atom. The van der Waals surface area contributed by atoms with Crippen LogP contribution in [0.25, 0.3) is 21.6 Å². The maximum absolute atomic E-state index is 12.2. The van der Waals surface area contributed by atoms with Crippen molar-refractivity contribution in [3.63, 3.8) is 0 Å². The summed E-state index contributed by atoms with van der Waals surface area (Å²) in [6.07, 6.45) is 0. The Morgan fingerprint density at radius 2 is 1.90 bits per heavy atom. The number of hydrogen-bond acceptors (Lipinski definition) is 4. The average Bonchev–Trinajstić information content (AvgIpc) is 3.16. The summed E-state index contributed by atoms with van der Waals surface area (Å²) in [5.74, 6) is 1.02. The van der Waals surface area contributed by atoms with Crippen molar-refractivity contribution in [1.29, 1.82) is 0 Å². The van der Waals surface area contributed by atoms with Crippen LogP contribution in [0.3, 0.4) is 0 Å². The fourth-order valence-electron chi connectivity index (χ4n) is 3.22. The smallest absolute Gasteiger partial charge is 0.338 e. The molecular weight excluding hydrogens is 378 g/mol. The van der Waals surface area contributed by atoms with Gasteiger partial charge in [-0.25, -0.2) is 14.6 Å². The van der Waals surface area contributed by atoms with Crippen LogP contribution in [-0.4, -0.2) is 22.1 Å². The van der Waals surface area contributed by atoms with E-state index in [9.17, 15) is 4.79 Å². The Kier molecular flexibility index (Phi) is 5.44. The number of carbonyl (C=O) groups is 1. The molecule has 0 aliphatic rings. The Morgan fingerprint density at radius 3 is 2.67 bits per heavy atom. The number of imidazole rings is 1. The van der Waals surface area contributed by atoms with Gasteiger partial charge in [-0.2, -0.15) is 0 Å². The molecule has 0 amide bonds. The molecule has 4 rings (SSSR count). The molecule has 1 heterocycles. The Balaban J connectivity index is 1.79. The first-order chi connectivity index (χ1) is 14.7. The summed E-state index contributed by atoms with van der Waals surface area (Å²) in [6.45, 7) is 9.59. The third kappa shape index (κ3) is 3.87. The van der Waals surface area contributed by atoms with E-state index in [4.69, 9.17) is 21.0 Å². The van der Waals surface area contributed by atoms with E-state index in [1.54, 1.807) is 31.2 Å². The molecule has 0 N–H and O–H groups in total. The first-order valence-electron chi connectivity index (χ1n) is 9.54. The number of fused-ring (bicyclic) bond motifs is 1. The lowest BCUT2D eigenvalue weighted by atomic mass is 10.2. The number of hydrogen-bond donors (Lipinski definition) is 0. The SMILES string of the molecule is [C-]#[N+]c1ccc2c(c1)nc(COc1ccccc1)n2-c1cccc(C(=O)OCC)c1. The van der Waals surface area contributed by atoms with E-state index >= 15 is 0 Å². The number of benzene rings is 3. The van der Waals surface area contributed by atoms with Crippen molar-refractivity contribution in [2.45, 2.75) is 13.5 Å². The molecule has 0 bridgehead atoms. The predicted octanol–water partition coefficient (Wildman–Crippen LogP) is 5.33. The fraction of sp³-hybridized carbons (Fsp3) is 0.125. The van der Waals surface area contributed by atoms with Gasteiger partial charge >= 0.3 is 5.97 Å². The Hall–Kier alpha value is -4.11. The topological polar surface area (TPSA) is 57.7 Å². The van der Waals surface area contributed by atoms with Gasteiger partial charge in [-0.05, 0) is 49.4 Å². The molecule has 0 atom stereocenters. The van der Waals surface area contributed by atoms with Gasteiger partial charge in [-0.3, -0.25) is 4.57 Å². The van der Waals surface area contributed by atoms with Crippen LogP contribution in [0.15, 0.2) is 72.8 Å². The Labute approximate surface area is 174 Å². The van der Waals surface area contributed by atoms with Crippen molar-refractivity contribution in [2.24, 2.45) is 0 Å². The van der Waals surface area contributed by atoms with Gasteiger partial charge in [0.25, 0.3) is 0 Å². The van der Waals surface area contributed by atoms with Gasteiger partial charge in [0.2, 0.25) is 0 Å². The van der Waals surface area contributed by atoms with Crippen LogP contribution in [0, 0.1) is 6.57 Å². The zero-order valence-corrected chi connectivity index (χ0v) is 16.4. The quantitative estimate of drug-likeness (QED) is 0.326. The van der Waals surface area contributed by atoms with E-state index in [-0.39, 0.29) is 12.6 Å². The van der Waals surface area contributed by atoms with Crippen LogP contribution in [0.1, 0.15) is 23.1 Å². The molecule has 0 radical (unpaired) electrons. The highest BCUT2D eigenvalue weighted by Gasteiger charge is 2.16. The summed E-state index contributed by atoms with van der Waals surface area (Å²) >= 11 is 0. The third-order valence-corrected chi connectivity index (χ3v) is 4.56. The minimum atomic E-state index is -0.374. The van der Waals surface area contributed by atoms with Crippen molar-refractivity contribution in [3.8, 4) is 11.4 Å². The minimum Gasteiger partial charge on any atom is -0.486 e. The molecule has 4 aromatic rings. The van der Waals surface area contributed by atoms with Gasteiger partial charge in [-0.1, -0.05) is 30.3 Å². The van der Waals surface area contributed by atoms with E-state index < -0.39 is 0 Å². The van der Waals surface area contributed by atoms with E-state index in [1.165, 1.54) is 0 Å². The van der Waals surface area contributed by atoms with E-state index in [0.717, 1.165) is 17.0 Å². The number of nitrogens with zero attached hydrogens (tertiary/aromatic N) is 3. The molecule has 6 heteroatoms. The number of ether oxygens (including phenoxy) is 2. The van der Waals surface area contributed by atoms with Crippen LogP contribution in [0.4, 0.5) is 5.69 Å². The van der Waals surface area contributed by atoms with Crippen molar-refractivity contribution in [2.75, 3.05) is 6.61 Å². The maximum Gasteiger partial charge on any atom is 0.338 e. The molecule has 0 fully saturated rings. The molecule has 1 aromatic heterocycles. The second kappa shape index (κ2) is 8.50. The molecule has 0 spiro atoms. The minimum absolute atomic E-state index is 0.232. The fourth-order valence-corrected chi connectivity index (χ4v) is 3.22. The zero-order chi connectivity index (χ0) is 20.9. The summed E-state index contributed by atoms with van der Waals surface area (Å²) in [5, 5.41) is 0. The van der Waals surface area contributed by atoms with Gasteiger partial charge in [0.15, 0.2) is 11.5 Å². The molecule has 148 valence electrons. The normalized spacial score (nSPS) is 10.5. The molecule has 0 saturated carbocycles. The molecular formula is C24H19N3O3. The maximum atomic E-state index is 12.2. The standard InChI is InChI=1S/C24H19N3O3/c1-3-29-24(28)17-8-7-9-19(14-17)27-22-13-12-18(25-2)15-21(22)26-23(27)16-30-20-10-5-4-6-11-20/h4-15H,3,16H2,1H3. The highest BCUT2D eigenvalue weighted by Crippen LogP contribution is 2.27. The van der Waals surface area contributed by atoms with E-state index in [2.05, 4.69) is 4.85 Å². The lowest BCUT2D eigenvalue weighted by Gasteiger charge is -2.12. The van der Waals surface area contributed by atoms with Gasteiger partial charge < -0.3 is 9.47 Å². The second-order valence-electron chi connectivity index (χ2n) is 6.52. The van der Waals surface area contributed by atoms with Crippen molar-refractivity contribution >= 4 is 22.7 Å². The summed E-state index contributed by atoms with van der Waals surface area (Å²) in [4.78, 5) is 20.4. The largest absolute Gasteiger partial charge is 0.486 e. The third-order valence-electron chi connectivity index (χ3n) is 4.56. The molecule has 30 heavy (non-hydrogen) atoms. The van der Waals surface area contributed by atoms with E-state index in [1.807, 2.05) is 53.1 Å².